The van der Waals surface area contributed by atoms with Crippen molar-refractivity contribution in [3.8, 4) is 0 Å². The van der Waals surface area contributed by atoms with Crippen molar-refractivity contribution in [2.24, 2.45) is 5.11 Å². The van der Waals surface area contributed by atoms with Gasteiger partial charge in [-0.15, -0.1) is 0 Å². The molecule has 122 valence electrons. The third-order valence-electron chi connectivity index (χ3n) is 2.83. The number of rotatable bonds is 4. The fourth-order valence-corrected chi connectivity index (χ4v) is 2.11. The number of ether oxygens (including phenoxy) is 4. The molecule has 0 amide bonds. The minimum Gasteiger partial charge on any atom is -0.458 e. The van der Waals surface area contributed by atoms with E-state index < -0.39 is 48.6 Å². The van der Waals surface area contributed by atoms with Crippen molar-refractivity contribution in [3.63, 3.8) is 0 Å². The summed E-state index contributed by atoms with van der Waals surface area (Å²) in [6, 6.07) is -0.940. The lowest BCUT2D eigenvalue weighted by Gasteiger charge is -2.41. The predicted octanol–water partition coefficient (Wildman–Crippen LogP) is 0.837. The molecule has 1 saturated heterocycles. The molecule has 0 aromatic heterocycles. The lowest BCUT2D eigenvalue weighted by molar-refractivity contribution is -0.268. The summed E-state index contributed by atoms with van der Waals surface area (Å²) < 4.78 is 20.5. The average Bonchev–Trinajstić information content (AvgIpc) is 2.36. The normalized spacial score (nSPS) is 30.6. The van der Waals surface area contributed by atoms with Crippen molar-refractivity contribution in [1.82, 2.24) is 0 Å². The molecule has 22 heavy (non-hydrogen) atoms. The highest BCUT2D eigenvalue weighted by Crippen LogP contribution is 2.29. The maximum Gasteiger partial charge on any atom is 0.305 e. The molecule has 0 saturated carbocycles. The maximum absolute atomic E-state index is 11.3. The van der Waals surface area contributed by atoms with E-state index in [1.807, 2.05) is 0 Å². The molecule has 0 aromatic carbocycles. The van der Waals surface area contributed by atoms with Gasteiger partial charge in [0.2, 0.25) is 12.4 Å². The fourth-order valence-electron chi connectivity index (χ4n) is 2.11. The first-order valence-electron chi connectivity index (χ1n) is 6.47. The number of hydrogen-bond acceptors (Lipinski definition) is 8. The van der Waals surface area contributed by atoms with Crippen LogP contribution in [0.2, 0.25) is 0 Å². The molecule has 0 aliphatic carbocycles. The zero-order valence-corrected chi connectivity index (χ0v) is 12.6. The Balaban J connectivity index is 3.17. The summed E-state index contributed by atoms with van der Waals surface area (Å²) in [6.07, 6.45) is -4.37. The van der Waals surface area contributed by atoms with E-state index in [-0.39, 0.29) is 0 Å². The van der Waals surface area contributed by atoms with Crippen LogP contribution in [0.3, 0.4) is 0 Å². The van der Waals surface area contributed by atoms with Gasteiger partial charge in [0, 0.05) is 25.7 Å². The topological polar surface area (TPSA) is 137 Å². The Morgan fingerprint density at radius 1 is 1.00 bits per heavy atom. The molecule has 0 spiro atoms. The molecule has 0 N–H and O–H groups in total. The first kappa shape index (κ1) is 17.7. The van der Waals surface area contributed by atoms with Crippen molar-refractivity contribution in [3.05, 3.63) is 10.4 Å². The van der Waals surface area contributed by atoms with Crippen LogP contribution < -0.4 is 0 Å². The Hall–Kier alpha value is -2.32. The fraction of sp³-hybridized carbons (Fsp3) is 0.750. The molecular formula is C12H17N3O7. The second kappa shape index (κ2) is 7.62. The van der Waals surface area contributed by atoms with Gasteiger partial charge >= 0.3 is 17.9 Å². The van der Waals surface area contributed by atoms with E-state index in [1.54, 1.807) is 6.92 Å². The highest BCUT2D eigenvalue weighted by molar-refractivity contribution is 5.68. The highest BCUT2D eigenvalue weighted by atomic mass is 16.7. The van der Waals surface area contributed by atoms with E-state index in [4.69, 9.17) is 24.5 Å². The second-order valence-electron chi connectivity index (χ2n) is 4.66. The van der Waals surface area contributed by atoms with Gasteiger partial charge in [0.25, 0.3) is 0 Å². The summed E-state index contributed by atoms with van der Waals surface area (Å²) in [4.78, 5) is 36.4. The summed E-state index contributed by atoms with van der Waals surface area (Å²) >= 11 is 0. The number of esters is 3. The molecule has 1 rings (SSSR count). The van der Waals surface area contributed by atoms with E-state index in [1.165, 1.54) is 0 Å². The molecule has 1 aliphatic heterocycles. The zero-order chi connectivity index (χ0) is 16.9. The van der Waals surface area contributed by atoms with Crippen LogP contribution in [0.15, 0.2) is 5.11 Å². The predicted molar refractivity (Wildman–Crippen MR) is 70.1 cm³/mol. The Morgan fingerprint density at radius 2 is 1.50 bits per heavy atom. The van der Waals surface area contributed by atoms with E-state index in [2.05, 4.69) is 10.0 Å². The molecule has 1 fully saturated rings. The van der Waals surface area contributed by atoms with Crippen LogP contribution in [0, 0.1) is 0 Å². The van der Waals surface area contributed by atoms with Crippen molar-refractivity contribution >= 4 is 17.9 Å². The first-order chi connectivity index (χ1) is 10.3. The Bertz CT molecular complexity index is 503. The molecule has 0 bridgehead atoms. The average molecular weight is 315 g/mol. The Morgan fingerprint density at radius 3 is 1.95 bits per heavy atom. The lowest BCUT2D eigenvalue weighted by atomic mass is 9.97. The number of carbonyl (C=O) groups is 3. The molecule has 5 atom stereocenters. The Kier molecular flexibility index (Phi) is 6.14. The van der Waals surface area contributed by atoms with Crippen LogP contribution in [0.5, 0.6) is 0 Å². The SMILES string of the molecule is CC(=O)O[C@H]1O[C@H](C)[C@@H](N=[N+]=[N-])[C@H](OC(C)=O)[C@@H]1OC(C)=O. The van der Waals surface area contributed by atoms with Crippen LogP contribution in [-0.2, 0) is 33.3 Å². The third-order valence-corrected chi connectivity index (χ3v) is 2.83. The van der Waals surface area contributed by atoms with E-state index >= 15 is 0 Å². The molecule has 1 aliphatic rings. The zero-order valence-electron chi connectivity index (χ0n) is 12.6. The molecule has 1 heterocycles. The summed E-state index contributed by atoms with van der Waals surface area (Å²) in [7, 11) is 0. The maximum atomic E-state index is 11.3. The largest absolute Gasteiger partial charge is 0.458 e. The van der Waals surface area contributed by atoms with Gasteiger partial charge in [-0.2, -0.15) is 0 Å². The van der Waals surface area contributed by atoms with Gasteiger partial charge in [0.1, 0.15) is 6.04 Å². The van der Waals surface area contributed by atoms with Crippen molar-refractivity contribution in [2.45, 2.75) is 58.3 Å². The minimum absolute atomic E-state index is 0.668. The minimum atomic E-state index is -1.27. The van der Waals surface area contributed by atoms with E-state index in [0.29, 0.717) is 0 Å². The summed E-state index contributed by atoms with van der Waals surface area (Å²) in [5, 5.41) is 3.52. The van der Waals surface area contributed by atoms with Crippen LogP contribution in [-0.4, -0.2) is 48.6 Å². The van der Waals surface area contributed by atoms with Gasteiger partial charge in [0.15, 0.2) is 6.10 Å². The first-order valence-corrected chi connectivity index (χ1v) is 6.47. The van der Waals surface area contributed by atoms with Gasteiger partial charge in [-0.1, -0.05) is 5.11 Å². The second-order valence-corrected chi connectivity index (χ2v) is 4.66. The van der Waals surface area contributed by atoms with Crippen LogP contribution in [0.4, 0.5) is 0 Å². The summed E-state index contributed by atoms with van der Waals surface area (Å²) in [5.74, 6) is -2.04. The smallest absolute Gasteiger partial charge is 0.305 e. The quantitative estimate of drug-likeness (QED) is 0.246. The number of hydrogen-bond donors (Lipinski definition) is 0. The van der Waals surface area contributed by atoms with Gasteiger partial charge in [-0.3, -0.25) is 14.4 Å². The molecule has 10 heteroatoms. The molecular weight excluding hydrogens is 298 g/mol. The van der Waals surface area contributed by atoms with Gasteiger partial charge in [-0.25, -0.2) is 0 Å². The van der Waals surface area contributed by atoms with Crippen LogP contribution in [0.25, 0.3) is 10.4 Å². The van der Waals surface area contributed by atoms with Gasteiger partial charge in [0.05, 0.1) is 6.10 Å². The van der Waals surface area contributed by atoms with E-state index in [0.717, 1.165) is 20.8 Å². The van der Waals surface area contributed by atoms with Crippen molar-refractivity contribution < 1.29 is 33.3 Å². The standard InChI is InChI=1S/C12H17N3O7/c1-5-9(14-15-13)10(20-6(2)16)11(21-7(3)17)12(19-5)22-8(4)18/h5,9-12H,1-4H3/t5-,9-,10+,11+,12-/m1/s1. The number of azide groups is 1. The highest BCUT2D eigenvalue weighted by Gasteiger charge is 2.49. The molecule has 0 radical (unpaired) electrons. The third kappa shape index (κ3) is 4.61. The number of nitrogens with zero attached hydrogens (tertiary/aromatic N) is 3. The van der Waals surface area contributed by atoms with Crippen LogP contribution >= 0.6 is 0 Å². The lowest BCUT2D eigenvalue weighted by Crippen LogP contribution is -2.59. The summed E-state index contributed by atoms with van der Waals surface area (Å²) in [5.41, 5.74) is 8.64. The Labute approximate surface area is 126 Å². The van der Waals surface area contributed by atoms with Crippen LogP contribution in [0.1, 0.15) is 27.7 Å². The molecule has 0 aromatic rings. The molecule has 10 nitrogen and oxygen atoms in total. The van der Waals surface area contributed by atoms with Gasteiger partial charge < -0.3 is 18.9 Å². The van der Waals surface area contributed by atoms with Crippen molar-refractivity contribution in [2.75, 3.05) is 0 Å². The van der Waals surface area contributed by atoms with Gasteiger partial charge in [-0.05, 0) is 12.5 Å². The van der Waals surface area contributed by atoms with E-state index in [9.17, 15) is 14.4 Å². The number of carbonyl (C=O) groups excluding carboxylic acids is 3. The summed E-state index contributed by atoms with van der Waals surface area (Å²) in [6.45, 7) is 4.99. The molecule has 0 unspecified atom stereocenters. The van der Waals surface area contributed by atoms with Crippen molar-refractivity contribution in [1.29, 1.82) is 0 Å². The monoisotopic (exact) mass is 315 g/mol.